The van der Waals surface area contributed by atoms with Crippen LogP contribution in [0.15, 0.2) is 42.5 Å². The molecule has 136 valence electrons. The molecule has 5 nitrogen and oxygen atoms in total. The number of anilines is 2. The Balaban J connectivity index is 1.86. The minimum Gasteiger partial charge on any atom is -0.478 e. The maximum Gasteiger partial charge on any atom is 0.337 e. The molecule has 0 spiro atoms. The number of hydrogen-bond acceptors (Lipinski definition) is 3. The zero-order valence-corrected chi connectivity index (χ0v) is 15.1. The quantitative estimate of drug-likeness (QED) is 0.818. The molecule has 2 aromatic carbocycles. The molecule has 1 heterocycles. The highest BCUT2D eigenvalue weighted by atomic mass is 35.5. The van der Waals surface area contributed by atoms with Crippen LogP contribution in [0.25, 0.3) is 0 Å². The first-order chi connectivity index (χ1) is 12.6. The van der Waals surface area contributed by atoms with Crippen molar-refractivity contribution in [3.63, 3.8) is 0 Å². The number of carbonyl (C=O) groups is 2. The van der Waals surface area contributed by atoms with Gasteiger partial charge in [0.2, 0.25) is 0 Å². The summed E-state index contributed by atoms with van der Waals surface area (Å²) in [6.45, 7) is 1.84. The summed E-state index contributed by atoms with van der Waals surface area (Å²) in [7, 11) is 0. The largest absolute Gasteiger partial charge is 0.478 e. The van der Waals surface area contributed by atoms with Crippen molar-refractivity contribution in [2.45, 2.75) is 25.7 Å². The number of halogens is 1. The summed E-state index contributed by atoms with van der Waals surface area (Å²) in [6.07, 6.45) is 4.61. The van der Waals surface area contributed by atoms with Gasteiger partial charge in [0, 0.05) is 18.8 Å². The molecule has 0 bridgehead atoms. The van der Waals surface area contributed by atoms with Crippen LogP contribution < -0.4 is 10.2 Å². The van der Waals surface area contributed by atoms with Crippen molar-refractivity contribution in [3.05, 3.63) is 58.6 Å². The number of carboxylic acid groups (broad SMARTS) is 1. The molecule has 1 aliphatic rings. The third kappa shape index (κ3) is 4.17. The van der Waals surface area contributed by atoms with Gasteiger partial charge >= 0.3 is 5.97 Å². The van der Waals surface area contributed by atoms with Gasteiger partial charge in [-0.3, -0.25) is 4.79 Å². The Labute approximate surface area is 157 Å². The van der Waals surface area contributed by atoms with Gasteiger partial charge in [-0.05, 0) is 43.2 Å². The SMILES string of the molecule is O=C(Nc1ccc(N2CCCCCC2)cc1C(=O)O)c1ccccc1Cl. The molecule has 0 unspecified atom stereocenters. The van der Waals surface area contributed by atoms with Crippen LogP contribution in [-0.2, 0) is 0 Å². The number of benzene rings is 2. The van der Waals surface area contributed by atoms with E-state index in [2.05, 4.69) is 10.2 Å². The van der Waals surface area contributed by atoms with Gasteiger partial charge in [0.05, 0.1) is 21.8 Å². The molecular formula is C20H21ClN2O3. The summed E-state index contributed by atoms with van der Waals surface area (Å²) >= 11 is 6.05. The minimum atomic E-state index is -1.07. The van der Waals surface area contributed by atoms with E-state index < -0.39 is 11.9 Å². The topological polar surface area (TPSA) is 69.6 Å². The highest BCUT2D eigenvalue weighted by Gasteiger charge is 2.18. The van der Waals surface area contributed by atoms with Gasteiger partial charge in [-0.25, -0.2) is 4.79 Å². The lowest BCUT2D eigenvalue weighted by atomic mass is 10.1. The van der Waals surface area contributed by atoms with Crippen LogP contribution in [0, 0.1) is 0 Å². The predicted molar refractivity (Wildman–Crippen MR) is 103 cm³/mol. The molecule has 0 aliphatic carbocycles. The van der Waals surface area contributed by atoms with Gasteiger partial charge in [0.25, 0.3) is 5.91 Å². The number of aromatic carboxylic acids is 1. The Bertz CT molecular complexity index is 814. The van der Waals surface area contributed by atoms with Crippen molar-refractivity contribution in [1.82, 2.24) is 0 Å². The molecule has 0 radical (unpaired) electrons. The van der Waals surface area contributed by atoms with Gasteiger partial charge < -0.3 is 15.3 Å². The second-order valence-electron chi connectivity index (χ2n) is 6.37. The number of nitrogens with one attached hydrogen (secondary N) is 1. The number of hydrogen-bond donors (Lipinski definition) is 2. The second-order valence-corrected chi connectivity index (χ2v) is 6.78. The summed E-state index contributed by atoms with van der Waals surface area (Å²) < 4.78 is 0. The maximum atomic E-state index is 12.4. The normalized spacial score (nSPS) is 14.6. The molecule has 6 heteroatoms. The first-order valence-electron chi connectivity index (χ1n) is 8.74. The average molecular weight is 373 g/mol. The zero-order chi connectivity index (χ0) is 18.5. The number of rotatable bonds is 4. The van der Waals surface area contributed by atoms with E-state index in [1.54, 1.807) is 36.4 Å². The third-order valence-electron chi connectivity index (χ3n) is 4.57. The van der Waals surface area contributed by atoms with Crippen molar-refractivity contribution >= 4 is 34.9 Å². The standard InChI is InChI=1S/C20H21ClN2O3/c21-17-8-4-3-7-15(17)19(24)22-18-10-9-14(13-16(18)20(25)26)23-11-5-1-2-6-12-23/h3-4,7-10,13H,1-2,5-6,11-12H2,(H,22,24)(H,25,26). The minimum absolute atomic E-state index is 0.0761. The first-order valence-corrected chi connectivity index (χ1v) is 9.12. The highest BCUT2D eigenvalue weighted by Crippen LogP contribution is 2.27. The smallest absolute Gasteiger partial charge is 0.337 e. The van der Waals surface area contributed by atoms with Crippen molar-refractivity contribution in [1.29, 1.82) is 0 Å². The Hall–Kier alpha value is -2.53. The molecule has 1 saturated heterocycles. The zero-order valence-electron chi connectivity index (χ0n) is 14.4. The lowest BCUT2D eigenvalue weighted by Gasteiger charge is -2.23. The van der Waals surface area contributed by atoms with Gasteiger partial charge in [-0.15, -0.1) is 0 Å². The van der Waals surface area contributed by atoms with Crippen LogP contribution >= 0.6 is 11.6 Å². The maximum absolute atomic E-state index is 12.4. The monoisotopic (exact) mass is 372 g/mol. The van der Waals surface area contributed by atoms with E-state index in [1.165, 1.54) is 12.8 Å². The van der Waals surface area contributed by atoms with E-state index >= 15 is 0 Å². The fourth-order valence-electron chi connectivity index (χ4n) is 3.18. The van der Waals surface area contributed by atoms with Crippen molar-refractivity contribution in [2.75, 3.05) is 23.3 Å². The van der Waals surface area contributed by atoms with E-state index in [1.807, 2.05) is 6.07 Å². The fraction of sp³-hybridized carbons (Fsp3) is 0.300. The van der Waals surface area contributed by atoms with E-state index in [0.717, 1.165) is 31.6 Å². The number of amides is 1. The van der Waals surface area contributed by atoms with E-state index in [0.29, 0.717) is 10.6 Å². The molecule has 0 aromatic heterocycles. The van der Waals surface area contributed by atoms with Crippen molar-refractivity contribution in [2.24, 2.45) is 0 Å². The van der Waals surface area contributed by atoms with Crippen LogP contribution in [0.5, 0.6) is 0 Å². The Morgan fingerprint density at radius 2 is 1.65 bits per heavy atom. The Morgan fingerprint density at radius 1 is 0.962 bits per heavy atom. The predicted octanol–water partition coefficient (Wildman–Crippen LogP) is 4.67. The molecule has 1 aliphatic heterocycles. The molecule has 2 N–H and O–H groups in total. The van der Waals surface area contributed by atoms with Crippen LogP contribution in [0.1, 0.15) is 46.4 Å². The number of carbonyl (C=O) groups excluding carboxylic acids is 1. The summed E-state index contributed by atoms with van der Waals surface area (Å²) in [5.41, 5.74) is 1.52. The highest BCUT2D eigenvalue weighted by molar-refractivity contribution is 6.34. The summed E-state index contributed by atoms with van der Waals surface area (Å²) in [6, 6.07) is 11.8. The van der Waals surface area contributed by atoms with Crippen molar-refractivity contribution in [3.8, 4) is 0 Å². The lowest BCUT2D eigenvalue weighted by molar-refractivity contribution is 0.0698. The molecule has 1 fully saturated rings. The molecule has 26 heavy (non-hydrogen) atoms. The number of nitrogens with zero attached hydrogens (tertiary/aromatic N) is 1. The molecule has 1 amide bonds. The van der Waals surface area contributed by atoms with Gasteiger partial charge in [0.1, 0.15) is 0 Å². The lowest BCUT2D eigenvalue weighted by Crippen LogP contribution is -2.24. The van der Waals surface area contributed by atoms with E-state index in [4.69, 9.17) is 11.6 Å². The van der Waals surface area contributed by atoms with Crippen molar-refractivity contribution < 1.29 is 14.7 Å². The summed E-state index contributed by atoms with van der Waals surface area (Å²) in [5, 5.41) is 12.6. The van der Waals surface area contributed by atoms with Crippen LogP contribution in [-0.4, -0.2) is 30.1 Å². The van der Waals surface area contributed by atoms with Gasteiger partial charge in [-0.2, -0.15) is 0 Å². The van der Waals surface area contributed by atoms with Crippen LogP contribution in [0.3, 0.4) is 0 Å². The second kappa shape index (κ2) is 8.23. The van der Waals surface area contributed by atoms with E-state index in [-0.39, 0.29) is 11.3 Å². The van der Waals surface area contributed by atoms with Crippen LogP contribution in [0.2, 0.25) is 5.02 Å². The molecule has 2 aromatic rings. The molecule has 0 saturated carbocycles. The third-order valence-corrected chi connectivity index (χ3v) is 4.90. The average Bonchev–Trinajstić information content (AvgIpc) is 2.91. The number of carboxylic acids is 1. The van der Waals surface area contributed by atoms with Gasteiger partial charge in [0.15, 0.2) is 0 Å². The summed E-state index contributed by atoms with van der Waals surface area (Å²) in [4.78, 5) is 26.4. The summed E-state index contributed by atoms with van der Waals surface area (Å²) in [5.74, 6) is -1.50. The fourth-order valence-corrected chi connectivity index (χ4v) is 3.40. The van der Waals surface area contributed by atoms with Gasteiger partial charge in [-0.1, -0.05) is 36.6 Å². The first kappa shape index (κ1) is 18.3. The van der Waals surface area contributed by atoms with Crippen LogP contribution in [0.4, 0.5) is 11.4 Å². The molecule has 3 rings (SSSR count). The molecular weight excluding hydrogens is 352 g/mol. The van der Waals surface area contributed by atoms with E-state index in [9.17, 15) is 14.7 Å². The Morgan fingerprint density at radius 3 is 2.31 bits per heavy atom. The Kier molecular flexibility index (Phi) is 5.78. The molecule has 0 atom stereocenters.